The van der Waals surface area contributed by atoms with Gasteiger partial charge in [-0.15, -0.1) is 11.6 Å². The van der Waals surface area contributed by atoms with Gasteiger partial charge in [-0.2, -0.15) is 0 Å². The molecule has 0 aliphatic heterocycles. The average molecular weight is 203 g/mol. The fourth-order valence-electron chi connectivity index (χ4n) is 1.11. The minimum absolute atomic E-state index is 0.441. The van der Waals surface area contributed by atoms with Gasteiger partial charge in [0, 0.05) is 6.42 Å². The first-order valence-electron chi connectivity index (χ1n) is 4.68. The molecule has 0 amide bonds. The number of carbonyl (C=O) groups excluding carboxylic acids is 2. The largest absolute Gasteiger partial charge is 0.291 e. The molecule has 0 bridgehead atoms. The molecular weight excluding hydrogens is 188 g/mol. The summed E-state index contributed by atoms with van der Waals surface area (Å²) >= 11 is 5.55. The van der Waals surface area contributed by atoms with Gasteiger partial charge in [0.1, 0.15) is 0 Å². The van der Waals surface area contributed by atoms with E-state index in [1.54, 1.807) is 6.29 Å². The first kappa shape index (κ1) is 12.6. The van der Waals surface area contributed by atoms with E-state index in [1.165, 1.54) is 0 Å². The predicted octanol–water partition coefficient (Wildman–Crippen LogP) is 2.54. The number of unbranched alkanes of at least 4 members (excludes halogenated alkanes) is 5. The molecule has 0 spiro atoms. The molecule has 1 unspecified atom stereocenters. The Labute approximate surface area is 84.7 Å². The highest BCUT2D eigenvalue weighted by Gasteiger charge is 2.01. The van der Waals surface area contributed by atoms with Crippen LogP contribution in [0.15, 0.2) is 0 Å². The van der Waals surface area contributed by atoms with Crippen LogP contribution in [0.1, 0.15) is 44.9 Å². The molecule has 3 heteroatoms. The number of hydrogen-bond donors (Lipinski definition) is 0. The van der Waals surface area contributed by atoms with Gasteiger partial charge in [0.15, 0.2) is 6.29 Å². The first-order valence-corrected chi connectivity index (χ1v) is 5.11. The maximum absolute atomic E-state index is 10.0. The van der Waals surface area contributed by atoms with Crippen molar-refractivity contribution in [3.8, 4) is 0 Å². The van der Waals surface area contributed by atoms with E-state index in [4.69, 9.17) is 11.6 Å². The van der Waals surface area contributed by atoms with Crippen molar-refractivity contribution >= 4 is 24.2 Å². The molecule has 2 nitrogen and oxygen atoms in total. The molecule has 0 aliphatic carbocycles. The lowest BCUT2D eigenvalue weighted by Gasteiger charge is -2.00. The summed E-state index contributed by atoms with van der Waals surface area (Å²) < 4.78 is 0. The molecule has 0 heterocycles. The highest BCUT2D eigenvalue weighted by atomic mass is 35.5. The molecule has 0 N–H and O–H groups in total. The van der Waals surface area contributed by atoms with Gasteiger partial charge in [0.2, 0.25) is 6.29 Å². The molecule has 0 aliphatic rings. The van der Waals surface area contributed by atoms with Crippen LogP contribution in [-0.2, 0) is 9.59 Å². The Morgan fingerprint density at radius 2 is 1.62 bits per heavy atom. The van der Waals surface area contributed by atoms with Crippen LogP contribution >= 0.6 is 11.6 Å². The smallest absolute Gasteiger partial charge is 0.217 e. The van der Waals surface area contributed by atoms with Gasteiger partial charge in [-0.1, -0.05) is 25.7 Å². The monoisotopic (exact) mass is 202 g/mol. The highest BCUT2D eigenvalue weighted by Crippen LogP contribution is 2.09. The third kappa shape index (κ3) is 9.54. The van der Waals surface area contributed by atoms with Crippen LogP contribution in [0, 0.1) is 0 Å². The number of rotatable bonds is 9. The molecule has 2 radical (unpaired) electrons. The van der Waals surface area contributed by atoms with E-state index in [9.17, 15) is 9.59 Å². The van der Waals surface area contributed by atoms with Gasteiger partial charge >= 0.3 is 0 Å². The van der Waals surface area contributed by atoms with Gasteiger partial charge in [0.25, 0.3) is 0 Å². The second-order valence-corrected chi connectivity index (χ2v) is 3.56. The molecule has 1 atom stereocenters. The summed E-state index contributed by atoms with van der Waals surface area (Å²) in [6.07, 6.45) is 9.99. The summed E-state index contributed by atoms with van der Waals surface area (Å²) in [6, 6.07) is 0. The van der Waals surface area contributed by atoms with E-state index in [0.29, 0.717) is 12.8 Å². The van der Waals surface area contributed by atoms with Crippen LogP contribution in [0.2, 0.25) is 0 Å². The quantitative estimate of drug-likeness (QED) is 0.425. The van der Waals surface area contributed by atoms with Crippen molar-refractivity contribution in [1.82, 2.24) is 0 Å². The van der Waals surface area contributed by atoms with Crippen molar-refractivity contribution in [2.45, 2.75) is 50.3 Å². The van der Waals surface area contributed by atoms with Crippen LogP contribution in [0.4, 0.5) is 0 Å². The van der Waals surface area contributed by atoms with Crippen molar-refractivity contribution < 1.29 is 9.59 Å². The Morgan fingerprint density at radius 3 is 2.23 bits per heavy atom. The maximum atomic E-state index is 10.0. The van der Waals surface area contributed by atoms with Crippen LogP contribution in [0.3, 0.4) is 0 Å². The van der Waals surface area contributed by atoms with Gasteiger partial charge in [-0.3, -0.25) is 9.59 Å². The lowest BCUT2D eigenvalue weighted by atomic mass is 10.1. The summed E-state index contributed by atoms with van der Waals surface area (Å²) in [5, 5.41) is -0.441. The topological polar surface area (TPSA) is 34.1 Å². The van der Waals surface area contributed by atoms with E-state index in [1.807, 2.05) is 6.29 Å². The third-order valence-corrected chi connectivity index (χ3v) is 2.17. The number of hydrogen-bond acceptors (Lipinski definition) is 2. The van der Waals surface area contributed by atoms with E-state index in [-0.39, 0.29) is 0 Å². The lowest BCUT2D eigenvalue weighted by molar-refractivity contribution is 0.536. The SMILES string of the molecule is O=[C]CCCCCCCC(Cl)[C]=O. The summed E-state index contributed by atoms with van der Waals surface area (Å²) in [7, 11) is 0. The van der Waals surface area contributed by atoms with Crippen molar-refractivity contribution in [3.63, 3.8) is 0 Å². The second kappa shape index (κ2) is 9.72. The van der Waals surface area contributed by atoms with Crippen molar-refractivity contribution in [2.75, 3.05) is 0 Å². The van der Waals surface area contributed by atoms with Crippen molar-refractivity contribution in [3.05, 3.63) is 0 Å². The summed E-state index contributed by atoms with van der Waals surface area (Å²) in [5.74, 6) is 0. The minimum atomic E-state index is -0.441. The summed E-state index contributed by atoms with van der Waals surface area (Å²) in [4.78, 5) is 19.8. The second-order valence-electron chi connectivity index (χ2n) is 3.04. The summed E-state index contributed by atoms with van der Waals surface area (Å²) in [5.41, 5.74) is 0. The van der Waals surface area contributed by atoms with E-state index < -0.39 is 5.38 Å². The molecule has 0 saturated heterocycles. The van der Waals surface area contributed by atoms with Crippen LogP contribution in [-0.4, -0.2) is 17.9 Å². The fourth-order valence-corrected chi connectivity index (χ4v) is 1.26. The first-order chi connectivity index (χ1) is 6.31. The Morgan fingerprint density at radius 1 is 1.00 bits per heavy atom. The Kier molecular flexibility index (Phi) is 9.44. The van der Waals surface area contributed by atoms with Gasteiger partial charge in [-0.25, -0.2) is 0 Å². The molecule has 0 aromatic rings. The molecule has 0 fully saturated rings. The number of alkyl halides is 1. The zero-order valence-electron chi connectivity index (χ0n) is 7.72. The van der Waals surface area contributed by atoms with Gasteiger partial charge in [0.05, 0.1) is 5.38 Å². The fraction of sp³-hybridized carbons (Fsp3) is 0.800. The van der Waals surface area contributed by atoms with Crippen LogP contribution in [0.5, 0.6) is 0 Å². The van der Waals surface area contributed by atoms with Crippen molar-refractivity contribution in [1.29, 1.82) is 0 Å². The van der Waals surface area contributed by atoms with Gasteiger partial charge < -0.3 is 0 Å². The summed E-state index contributed by atoms with van der Waals surface area (Å²) in [6.45, 7) is 0. The van der Waals surface area contributed by atoms with Crippen LogP contribution in [0.25, 0.3) is 0 Å². The molecule has 0 rings (SSSR count). The standard InChI is InChI=1S/C10H15ClO2/c11-10(9-13)7-5-3-1-2-4-6-8-12/h10H,1-7H2. The van der Waals surface area contributed by atoms with E-state index in [2.05, 4.69) is 0 Å². The number of halogens is 1. The zero-order valence-corrected chi connectivity index (χ0v) is 8.48. The highest BCUT2D eigenvalue weighted by molar-refractivity contribution is 6.27. The normalized spacial score (nSPS) is 12.4. The van der Waals surface area contributed by atoms with Gasteiger partial charge in [-0.05, 0) is 12.8 Å². The zero-order chi connectivity index (χ0) is 9.94. The molecule has 0 aromatic heterocycles. The van der Waals surface area contributed by atoms with Crippen molar-refractivity contribution in [2.24, 2.45) is 0 Å². The minimum Gasteiger partial charge on any atom is -0.291 e. The predicted molar refractivity (Wildman–Crippen MR) is 53.3 cm³/mol. The molecule has 0 saturated carbocycles. The Balaban J connectivity index is 2.99. The average Bonchev–Trinajstić information content (AvgIpc) is 2.16. The van der Waals surface area contributed by atoms with E-state index >= 15 is 0 Å². The molecule has 74 valence electrons. The third-order valence-electron chi connectivity index (χ3n) is 1.86. The lowest BCUT2D eigenvalue weighted by Crippen LogP contribution is -1.98. The molecule has 0 aromatic carbocycles. The molecular formula is C10H15ClO2. The Hall–Kier alpha value is -0.370. The molecule has 13 heavy (non-hydrogen) atoms. The van der Waals surface area contributed by atoms with Crippen LogP contribution < -0.4 is 0 Å². The maximum Gasteiger partial charge on any atom is 0.217 e. The van der Waals surface area contributed by atoms with E-state index in [0.717, 1.165) is 32.1 Å². The Bertz CT molecular complexity index is 137.